The van der Waals surface area contributed by atoms with Crippen LogP contribution in [0, 0.1) is 5.82 Å². The summed E-state index contributed by atoms with van der Waals surface area (Å²) >= 11 is 0. The third-order valence-corrected chi connectivity index (χ3v) is 1.03. The van der Waals surface area contributed by atoms with E-state index < -0.39 is 23.0 Å². The Morgan fingerprint density at radius 1 is 1.73 bits per heavy atom. The van der Waals surface area contributed by atoms with E-state index in [2.05, 4.69) is 10.7 Å². The Morgan fingerprint density at radius 3 is 2.82 bits per heavy atom. The van der Waals surface area contributed by atoms with Gasteiger partial charge in [0.25, 0.3) is 11.5 Å². The highest BCUT2D eigenvalue weighted by Gasteiger charge is 2.11. The second-order valence-corrected chi connectivity index (χ2v) is 1.76. The molecule has 11 heavy (non-hydrogen) atoms. The van der Waals surface area contributed by atoms with Crippen molar-refractivity contribution in [1.82, 2.24) is 9.97 Å². The number of nitrogens with one attached hydrogen (secondary N) is 1. The second kappa shape index (κ2) is 2.49. The SMILES string of the molecule is NC(=O)c1nc[nH]c(=O)c1F. The van der Waals surface area contributed by atoms with Gasteiger partial charge in [-0.2, -0.15) is 4.39 Å². The van der Waals surface area contributed by atoms with Crippen LogP contribution in [-0.4, -0.2) is 15.9 Å². The van der Waals surface area contributed by atoms with Gasteiger partial charge in [-0.1, -0.05) is 0 Å². The number of nitrogens with zero attached hydrogens (tertiary/aromatic N) is 1. The highest BCUT2D eigenvalue weighted by atomic mass is 19.1. The van der Waals surface area contributed by atoms with Crippen molar-refractivity contribution in [3.63, 3.8) is 0 Å². The molecule has 0 aliphatic carbocycles. The van der Waals surface area contributed by atoms with Crippen LogP contribution >= 0.6 is 0 Å². The van der Waals surface area contributed by atoms with Crippen LogP contribution < -0.4 is 11.3 Å². The molecule has 0 bridgehead atoms. The zero-order valence-electron chi connectivity index (χ0n) is 5.30. The first-order valence-electron chi connectivity index (χ1n) is 2.66. The van der Waals surface area contributed by atoms with Crippen LogP contribution in [0.2, 0.25) is 0 Å². The van der Waals surface area contributed by atoms with Crippen molar-refractivity contribution in [3.05, 3.63) is 28.2 Å². The number of halogens is 1. The lowest BCUT2D eigenvalue weighted by atomic mass is 10.4. The molecule has 1 amide bonds. The van der Waals surface area contributed by atoms with E-state index >= 15 is 0 Å². The first kappa shape index (κ1) is 7.39. The number of hydrogen-bond donors (Lipinski definition) is 2. The second-order valence-electron chi connectivity index (χ2n) is 1.76. The summed E-state index contributed by atoms with van der Waals surface area (Å²) in [7, 11) is 0. The molecule has 1 rings (SSSR count). The van der Waals surface area contributed by atoms with Gasteiger partial charge in [0.15, 0.2) is 5.69 Å². The van der Waals surface area contributed by atoms with Gasteiger partial charge in [0.05, 0.1) is 6.33 Å². The minimum absolute atomic E-state index is 0.645. The minimum Gasteiger partial charge on any atom is -0.364 e. The Morgan fingerprint density at radius 2 is 2.36 bits per heavy atom. The lowest BCUT2D eigenvalue weighted by molar-refractivity contribution is 0.0990. The van der Waals surface area contributed by atoms with E-state index in [1.165, 1.54) is 0 Å². The fourth-order valence-electron chi connectivity index (χ4n) is 0.555. The largest absolute Gasteiger partial charge is 0.364 e. The van der Waals surface area contributed by atoms with Crippen LogP contribution in [0.15, 0.2) is 11.1 Å². The zero-order valence-corrected chi connectivity index (χ0v) is 5.30. The molecule has 0 atom stereocenters. The quantitative estimate of drug-likeness (QED) is 0.548. The number of carbonyl (C=O) groups is 1. The summed E-state index contributed by atoms with van der Waals surface area (Å²) in [4.78, 5) is 26.0. The molecule has 1 aromatic heterocycles. The molecular weight excluding hydrogens is 153 g/mol. The average molecular weight is 157 g/mol. The van der Waals surface area contributed by atoms with Crippen molar-refractivity contribution in [2.75, 3.05) is 0 Å². The summed E-state index contributed by atoms with van der Waals surface area (Å²) < 4.78 is 12.5. The molecule has 0 saturated heterocycles. The molecule has 1 heterocycles. The Kier molecular flexibility index (Phi) is 1.67. The van der Waals surface area contributed by atoms with Crippen molar-refractivity contribution < 1.29 is 9.18 Å². The number of aromatic nitrogens is 2. The van der Waals surface area contributed by atoms with Crippen LogP contribution in [0.4, 0.5) is 4.39 Å². The van der Waals surface area contributed by atoms with E-state index in [1.807, 2.05) is 4.98 Å². The molecule has 0 aliphatic rings. The predicted molar refractivity (Wildman–Crippen MR) is 33.3 cm³/mol. The molecule has 58 valence electrons. The van der Waals surface area contributed by atoms with E-state index in [9.17, 15) is 14.0 Å². The molecular formula is C5H4FN3O2. The minimum atomic E-state index is -1.25. The van der Waals surface area contributed by atoms with Crippen molar-refractivity contribution in [2.45, 2.75) is 0 Å². The van der Waals surface area contributed by atoms with Gasteiger partial charge in [-0.05, 0) is 0 Å². The van der Waals surface area contributed by atoms with Gasteiger partial charge < -0.3 is 10.7 Å². The number of H-pyrrole nitrogens is 1. The normalized spacial score (nSPS) is 9.55. The fourth-order valence-corrected chi connectivity index (χ4v) is 0.555. The molecule has 0 saturated carbocycles. The summed E-state index contributed by atoms with van der Waals surface area (Å²) in [5, 5.41) is 0. The van der Waals surface area contributed by atoms with Gasteiger partial charge in [-0.25, -0.2) is 4.98 Å². The lowest BCUT2D eigenvalue weighted by Gasteiger charge is -1.92. The zero-order chi connectivity index (χ0) is 8.43. The number of nitrogens with two attached hydrogens (primary N) is 1. The van der Waals surface area contributed by atoms with Crippen LogP contribution in [0.25, 0.3) is 0 Å². The fraction of sp³-hybridized carbons (Fsp3) is 0. The highest BCUT2D eigenvalue weighted by molar-refractivity contribution is 5.90. The van der Waals surface area contributed by atoms with Gasteiger partial charge in [0.1, 0.15) is 0 Å². The summed E-state index contributed by atoms with van der Waals surface area (Å²) in [6.07, 6.45) is 0.908. The summed E-state index contributed by atoms with van der Waals surface area (Å²) in [5.74, 6) is -2.31. The smallest absolute Gasteiger partial charge is 0.287 e. The standard InChI is InChI=1S/C5H4FN3O2/c6-2-3(4(7)10)8-1-9-5(2)11/h1H,(H2,7,10)(H,8,9,11). The van der Waals surface area contributed by atoms with Gasteiger partial charge in [0, 0.05) is 0 Å². The number of hydrogen-bond acceptors (Lipinski definition) is 3. The number of amides is 1. The first-order chi connectivity index (χ1) is 5.13. The maximum absolute atomic E-state index is 12.5. The van der Waals surface area contributed by atoms with Crippen LogP contribution in [0.1, 0.15) is 10.5 Å². The Balaban J connectivity index is 3.39. The van der Waals surface area contributed by atoms with E-state index in [0.29, 0.717) is 0 Å². The highest BCUT2D eigenvalue weighted by Crippen LogP contribution is 1.92. The first-order valence-corrected chi connectivity index (χ1v) is 2.66. The molecule has 0 spiro atoms. The third kappa shape index (κ3) is 1.23. The third-order valence-electron chi connectivity index (χ3n) is 1.03. The lowest BCUT2D eigenvalue weighted by Crippen LogP contribution is -2.22. The Labute approximate surface area is 60.1 Å². The number of carbonyl (C=O) groups excluding carboxylic acids is 1. The van der Waals surface area contributed by atoms with Gasteiger partial charge in [-0.15, -0.1) is 0 Å². The Bertz CT molecular complexity index is 346. The summed E-state index contributed by atoms with van der Waals surface area (Å²) in [6.45, 7) is 0. The maximum Gasteiger partial charge on any atom is 0.287 e. The molecule has 3 N–H and O–H groups in total. The molecule has 5 nitrogen and oxygen atoms in total. The molecule has 0 fully saturated rings. The molecule has 0 aromatic carbocycles. The van der Waals surface area contributed by atoms with Gasteiger partial charge >= 0.3 is 0 Å². The average Bonchev–Trinajstić information content (AvgIpc) is 1.94. The van der Waals surface area contributed by atoms with Crippen molar-refractivity contribution >= 4 is 5.91 Å². The molecule has 0 aliphatic heterocycles. The van der Waals surface area contributed by atoms with E-state index in [-0.39, 0.29) is 0 Å². The number of aromatic amines is 1. The van der Waals surface area contributed by atoms with E-state index in [4.69, 9.17) is 0 Å². The topological polar surface area (TPSA) is 88.8 Å². The van der Waals surface area contributed by atoms with Crippen molar-refractivity contribution in [1.29, 1.82) is 0 Å². The maximum atomic E-state index is 12.5. The molecule has 0 radical (unpaired) electrons. The summed E-state index contributed by atoms with van der Waals surface area (Å²) in [6, 6.07) is 0. The summed E-state index contributed by atoms with van der Waals surface area (Å²) in [5.41, 5.74) is 3.04. The predicted octanol–water partition coefficient (Wildman–Crippen LogP) is -0.992. The molecule has 6 heteroatoms. The van der Waals surface area contributed by atoms with Crippen LogP contribution in [-0.2, 0) is 0 Å². The van der Waals surface area contributed by atoms with E-state index in [1.54, 1.807) is 0 Å². The van der Waals surface area contributed by atoms with Gasteiger partial charge in [0.2, 0.25) is 5.82 Å². The van der Waals surface area contributed by atoms with Crippen LogP contribution in [0.3, 0.4) is 0 Å². The molecule has 1 aromatic rings. The number of primary amides is 1. The van der Waals surface area contributed by atoms with Crippen molar-refractivity contribution in [2.24, 2.45) is 5.73 Å². The van der Waals surface area contributed by atoms with Gasteiger partial charge in [-0.3, -0.25) is 9.59 Å². The molecule has 0 unspecified atom stereocenters. The Hall–Kier alpha value is -1.72. The monoisotopic (exact) mass is 157 g/mol. The number of rotatable bonds is 1. The van der Waals surface area contributed by atoms with Crippen LogP contribution in [0.5, 0.6) is 0 Å². The van der Waals surface area contributed by atoms with E-state index in [0.717, 1.165) is 6.33 Å². The van der Waals surface area contributed by atoms with Crippen molar-refractivity contribution in [3.8, 4) is 0 Å².